The fourth-order valence-electron chi connectivity index (χ4n) is 1.45. The topological polar surface area (TPSA) is 59.6 Å². The molecule has 2 rings (SSSR count). The van der Waals surface area contributed by atoms with E-state index in [2.05, 4.69) is 10.6 Å². The summed E-state index contributed by atoms with van der Waals surface area (Å²) < 4.78 is 10.4. The minimum atomic E-state index is -0.465. The maximum Gasteiger partial charge on any atom is 0.408 e. The van der Waals surface area contributed by atoms with Crippen LogP contribution >= 0.6 is 0 Å². The zero-order chi connectivity index (χ0) is 8.44. The van der Waals surface area contributed by atoms with E-state index in [0.29, 0.717) is 26.3 Å². The SMILES string of the molecule is O=C1NCC2(CNCCOC2)O1. The number of ether oxygens (including phenoxy) is 2. The number of rotatable bonds is 0. The van der Waals surface area contributed by atoms with E-state index in [1.165, 1.54) is 0 Å². The van der Waals surface area contributed by atoms with Crippen molar-refractivity contribution in [2.24, 2.45) is 0 Å². The van der Waals surface area contributed by atoms with Crippen molar-refractivity contribution in [1.29, 1.82) is 0 Å². The third-order valence-corrected chi connectivity index (χ3v) is 2.10. The number of amides is 1. The quantitative estimate of drug-likeness (QED) is 0.496. The minimum absolute atomic E-state index is 0.345. The van der Waals surface area contributed by atoms with Crippen molar-refractivity contribution in [2.75, 3.05) is 32.8 Å². The van der Waals surface area contributed by atoms with Gasteiger partial charge in [0.05, 0.1) is 19.8 Å². The van der Waals surface area contributed by atoms with Gasteiger partial charge in [0.1, 0.15) is 0 Å². The van der Waals surface area contributed by atoms with E-state index >= 15 is 0 Å². The molecule has 5 heteroatoms. The lowest BCUT2D eigenvalue weighted by atomic mass is 10.1. The van der Waals surface area contributed by atoms with Crippen molar-refractivity contribution in [3.63, 3.8) is 0 Å². The number of nitrogens with one attached hydrogen (secondary N) is 2. The average Bonchev–Trinajstić information content (AvgIpc) is 2.30. The summed E-state index contributed by atoms with van der Waals surface area (Å²) in [6, 6.07) is 0. The highest BCUT2D eigenvalue weighted by atomic mass is 16.6. The van der Waals surface area contributed by atoms with Crippen LogP contribution in [0.15, 0.2) is 0 Å². The molecule has 0 aromatic rings. The van der Waals surface area contributed by atoms with Crippen LogP contribution in [0, 0.1) is 0 Å². The molecule has 0 radical (unpaired) electrons. The highest BCUT2D eigenvalue weighted by molar-refractivity contribution is 5.70. The molecule has 2 aliphatic rings. The van der Waals surface area contributed by atoms with E-state index in [9.17, 15) is 4.79 Å². The molecule has 0 aromatic heterocycles. The largest absolute Gasteiger partial charge is 0.437 e. The van der Waals surface area contributed by atoms with E-state index in [0.717, 1.165) is 6.54 Å². The van der Waals surface area contributed by atoms with Crippen LogP contribution < -0.4 is 10.6 Å². The summed E-state index contributed by atoms with van der Waals surface area (Å²) in [4.78, 5) is 10.8. The molecule has 1 amide bonds. The molecule has 1 spiro atoms. The Balaban J connectivity index is 2.03. The monoisotopic (exact) mass is 172 g/mol. The lowest BCUT2D eigenvalue weighted by Gasteiger charge is -2.22. The Labute approximate surface area is 70.4 Å². The highest BCUT2D eigenvalue weighted by Gasteiger charge is 2.41. The van der Waals surface area contributed by atoms with Crippen molar-refractivity contribution in [1.82, 2.24) is 10.6 Å². The summed E-state index contributed by atoms with van der Waals surface area (Å²) in [5.74, 6) is 0. The van der Waals surface area contributed by atoms with Crippen LogP contribution in [0.5, 0.6) is 0 Å². The van der Waals surface area contributed by atoms with Crippen molar-refractivity contribution >= 4 is 6.09 Å². The van der Waals surface area contributed by atoms with Crippen molar-refractivity contribution in [3.05, 3.63) is 0 Å². The van der Waals surface area contributed by atoms with Crippen LogP contribution in [-0.2, 0) is 9.47 Å². The first-order valence-corrected chi connectivity index (χ1v) is 4.06. The van der Waals surface area contributed by atoms with Crippen LogP contribution in [0.4, 0.5) is 4.79 Å². The molecule has 68 valence electrons. The lowest BCUT2D eigenvalue weighted by molar-refractivity contribution is -0.00749. The van der Waals surface area contributed by atoms with Gasteiger partial charge in [0.25, 0.3) is 0 Å². The molecule has 1 atom stereocenters. The van der Waals surface area contributed by atoms with Crippen molar-refractivity contribution < 1.29 is 14.3 Å². The highest BCUT2D eigenvalue weighted by Crippen LogP contribution is 2.16. The second kappa shape index (κ2) is 2.91. The molecule has 12 heavy (non-hydrogen) atoms. The second-order valence-corrected chi connectivity index (χ2v) is 3.16. The molecule has 2 heterocycles. The molecule has 2 saturated heterocycles. The Morgan fingerprint density at radius 2 is 2.33 bits per heavy atom. The summed E-state index contributed by atoms with van der Waals surface area (Å²) in [5.41, 5.74) is -0.465. The van der Waals surface area contributed by atoms with E-state index in [4.69, 9.17) is 9.47 Å². The summed E-state index contributed by atoms with van der Waals surface area (Å²) >= 11 is 0. The van der Waals surface area contributed by atoms with Gasteiger partial charge in [-0.05, 0) is 0 Å². The first-order valence-electron chi connectivity index (χ1n) is 4.06. The Morgan fingerprint density at radius 3 is 3.08 bits per heavy atom. The van der Waals surface area contributed by atoms with Gasteiger partial charge in [-0.15, -0.1) is 0 Å². The molecule has 5 nitrogen and oxygen atoms in total. The fourth-order valence-corrected chi connectivity index (χ4v) is 1.45. The molecule has 2 fully saturated rings. The summed E-state index contributed by atoms with van der Waals surface area (Å²) in [6.07, 6.45) is -0.345. The van der Waals surface area contributed by atoms with Crippen molar-refractivity contribution in [2.45, 2.75) is 5.60 Å². The number of hydrogen-bond donors (Lipinski definition) is 2. The van der Waals surface area contributed by atoms with Gasteiger partial charge in [-0.1, -0.05) is 0 Å². The van der Waals surface area contributed by atoms with Gasteiger partial charge in [-0.2, -0.15) is 0 Å². The van der Waals surface area contributed by atoms with Crippen LogP contribution in [0.2, 0.25) is 0 Å². The fraction of sp³-hybridized carbons (Fsp3) is 0.857. The van der Waals surface area contributed by atoms with Gasteiger partial charge in [-0.25, -0.2) is 4.79 Å². The van der Waals surface area contributed by atoms with Gasteiger partial charge in [0.2, 0.25) is 0 Å². The van der Waals surface area contributed by atoms with E-state index in [1.807, 2.05) is 0 Å². The predicted molar refractivity (Wildman–Crippen MR) is 40.9 cm³/mol. The number of carbonyl (C=O) groups excluding carboxylic acids is 1. The predicted octanol–water partition coefficient (Wildman–Crippen LogP) is -0.915. The maximum absolute atomic E-state index is 10.8. The second-order valence-electron chi connectivity index (χ2n) is 3.16. The van der Waals surface area contributed by atoms with Gasteiger partial charge in [0, 0.05) is 13.1 Å². The van der Waals surface area contributed by atoms with E-state index < -0.39 is 5.60 Å². The molecule has 0 saturated carbocycles. The van der Waals surface area contributed by atoms with E-state index in [1.54, 1.807) is 0 Å². The van der Waals surface area contributed by atoms with Crippen LogP contribution in [0.1, 0.15) is 0 Å². The molecule has 2 N–H and O–H groups in total. The van der Waals surface area contributed by atoms with Gasteiger partial charge < -0.3 is 20.1 Å². The van der Waals surface area contributed by atoms with Crippen molar-refractivity contribution in [3.8, 4) is 0 Å². The molecule has 0 aromatic carbocycles. The van der Waals surface area contributed by atoms with Crippen LogP contribution in [0.3, 0.4) is 0 Å². The molecule has 0 aliphatic carbocycles. The summed E-state index contributed by atoms with van der Waals surface area (Å²) in [7, 11) is 0. The Morgan fingerprint density at radius 1 is 1.42 bits per heavy atom. The van der Waals surface area contributed by atoms with E-state index in [-0.39, 0.29) is 6.09 Å². The van der Waals surface area contributed by atoms with Gasteiger partial charge in [0.15, 0.2) is 5.60 Å². The minimum Gasteiger partial charge on any atom is -0.437 e. The third kappa shape index (κ3) is 1.37. The molecular weight excluding hydrogens is 160 g/mol. The maximum atomic E-state index is 10.8. The number of alkyl carbamates (subject to hydrolysis) is 1. The molecule has 2 aliphatic heterocycles. The summed E-state index contributed by atoms with van der Waals surface area (Å²) in [5, 5.41) is 5.78. The molecule has 1 unspecified atom stereocenters. The lowest BCUT2D eigenvalue weighted by Crippen LogP contribution is -2.45. The normalized spacial score (nSPS) is 35.8. The zero-order valence-electron chi connectivity index (χ0n) is 6.76. The standard InChI is InChI=1S/C7H12N2O3/c10-6-9-4-7(12-6)3-8-1-2-11-5-7/h8H,1-5H2,(H,9,10). The van der Waals surface area contributed by atoms with Gasteiger partial charge >= 0.3 is 6.09 Å². The molecular formula is C7H12N2O3. The van der Waals surface area contributed by atoms with Crippen LogP contribution in [-0.4, -0.2) is 44.5 Å². The third-order valence-electron chi connectivity index (χ3n) is 2.10. The first kappa shape index (κ1) is 7.82. The van der Waals surface area contributed by atoms with Gasteiger partial charge in [-0.3, -0.25) is 0 Å². The molecule has 0 bridgehead atoms. The van der Waals surface area contributed by atoms with Crippen LogP contribution in [0.25, 0.3) is 0 Å². The number of carbonyl (C=O) groups is 1. The smallest absolute Gasteiger partial charge is 0.408 e. The Kier molecular flexibility index (Phi) is 1.90. The average molecular weight is 172 g/mol. The number of hydrogen-bond acceptors (Lipinski definition) is 4. The first-order chi connectivity index (χ1) is 5.81. The Hall–Kier alpha value is -0.810. The Bertz CT molecular complexity index is 187. The zero-order valence-corrected chi connectivity index (χ0v) is 6.76. The summed E-state index contributed by atoms with van der Waals surface area (Å²) in [6.45, 7) is 3.20.